The number of carbonyl (C=O) groups is 1. The number of nitrogens with zero attached hydrogens (tertiary/aromatic N) is 2. The van der Waals surface area contributed by atoms with Gasteiger partial charge in [-0.3, -0.25) is 9.69 Å². The maximum Gasteiger partial charge on any atom is 0.227 e. The maximum absolute atomic E-state index is 11.4. The first-order valence-corrected chi connectivity index (χ1v) is 8.08. The Morgan fingerprint density at radius 1 is 1.63 bits per heavy atom. The first kappa shape index (κ1) is 14.8. The number of piperidine rings is 1. The number of halogens is 1. The van der Waals surface area contributed by atoms with Crippen molar-refractivity contribution in [3.05, 3.63) is 11.1 Å². The van der Waals surface area contributed by atoms with E-state index in [1.165, 1.54) is 24.1 Å². The van der Waals surface area contributed by atoms with E-state index in [4.69, 9.17) is 11.6 Å². The number of rotatable bonds is 5. The van der Waals surface area contributed by atoms with Crippen LogP contribution >= 0.6 is 22.9 Å². The van der Waals surface area contributed by atoms with Gasteiger partial charge in [0.05, 0.1) is 0 Å². The molecule has 1 aromatic rings. The van der Waals surface area contributed by atoms with Crippen molar-refractivity contribution in [1.82, 2.24) is 9.88 Å². The van der Waals surface area contributed by atoms with Crippen LogP contribution in [-0.4, -0.2) is 34.3 Å². The van der Waals surface area contributed by atoms with Crippen molar-refractivity contribution in [2.24, 2.45) is 0 Å². The highest BCUT2D eigenvalue weighted by molar-refractivity contribution is 7.15. The molecule has 19 heavy (non-hydrogen) atoms. The van der Waals surface area contributed by atoms with Crippen LogP contribution in [0.5, 0.6) is 0 Å². The van der Waals surface area contributed by atoms with Gasteiger partial charge in [0.1, 0.15) is 0 Å². The fourth-order valence-corrected chi connectivity index (χ4v) is 3.32. The van der Waals surface area contributed by atoms with Crippen LogP contribution in [0.2, 0.25) is 0 Å². The lowest BCUT2D eigenvalue weighted by atomic mass is 10.0. The number of hydrogen-bond donors (Lipinski definition) is 1. The number of nitrogens with one attached hydrogen (secondary N) is 1. The second-order valence-electron chi connectivity index (χ2n) is 4.93. The number of alkyl halides is 1. The largest absolute Gasteiger partial charge is 0.302 e. The molecule has 6 heteroatoms. The molecule has 1 aliphatic rings. The molecule has 1 aliphatic heterocycles. The normalized spacial score (nSPS) is 20.4. The van der Waals surface area contributed by atoms with Crippen molar-refractivity contribution >= 4 is 34.0 Å². The highest BCUT2D eigenvalue weighted by Crippen LogP contribution is 2.24. The summed E-state index contributed by atoms with van der Waals surface area (Å²) in [4.78, 5) is 19.4. The second-order valence-corrected chi connectivity index (χ2v) is 6.43. The molecule has 1 N–H and O–H groups in total. The molecule has 2 heterocycles. The zero-order valence-electron chi connectivity index (χ0n) is 11.2. The summed E-state index contributed by atoms with van der Waals surface area (Å²) in [5, 5.41) is 3.45. The number of amides is 1. The molecule has 0 spiro atoms. The van der Waals surface area contributed by atoms with Crippen LogP contribution in [0.15, 0.2) is 6.20 Å². The summed E-state index contributed by atoms with van der Waals surface area (Å²) in [5.41, 5.74) is 0. The van der Waals surface area contributed by atoms with Gasteiger partial charge in [-0.2, -0.15) is 0 Å². The minimum atomic E-state index is -0.0674. The van der Waals surface area contributed by atoms with Crippen molar-refractivity contribution in [2.75, 3.05) is 17.7 Å². The first-order chi connectivity index (χ1) is 9.19. The van der Waals surface area contributed by atoms with Crippen LogP contribution in [-0.2, 0) is 11.3 Å². The molecule has 0 bridgehead atoms. The molecule has 1 atom stereocenters. The van der Waals surface area contributed by atoms with Crippen LogP contribution in [0.1, 0.15) is 37.5 Å². The van der Waals surface area contributed by atoms with Crippen LogP contribution in [0.3, 0.4) is 0 Å². The highest BCUT2D eigenvalue weighted by atomic mass is 35.5. The lowest BCUT2D eigenvalue weighted by Crippen LogP contribution is -2.36. The summed E-state index contributed by atoms with van der Waals surface area (Å²) in [6.45, 7) is 4.38. The van der Waals surface area contributed by atoms with Gasteiger partial charge in [0.15, 0.2) is 5.13 Å². The van der Waals surface area contributed by atoms with Crippen LogP contribution in [0.4, 0.5) is 5.13 Å². The van der Waals surface area contributed by atoms with Crippen molar-refractivity contribution in [2.45, 2.75) is 45.2 Å². The van der Waals surface area contributed by atoms with E-state index in [1.807, 2.05) is 6.20 Å². The Labute approximate surface area is 123 Å². The maximum atomic E-state index is 11.4. The SMILES string of the molecule is CC1CCCCN1Cc1cnc(NC(=O)CCCl)s1. The van der Waals surface area contributed by atoms with Crippen molar-refractivity contribution < 1.29 is 4.79 Å². The second kappa shape index (κ2) is 7.22. The Bertz CT molecular complexity index is 424. The average molecular weight is 302 g/mol. The van der Waals surface area contributed by atoms with E-state index in [0.717, 1.165) is 13.1 Å². The lowest BCUT2D eigenvalue weighted by molar-refractivity contribution is -0.115. The minimum Gasteiger partial charge on any atom is -0.302 e. The van der Waals surface area contributed by atoms with Gasteiger partial charge in [-0.25, -0.2) is 4.98 Å². The first-order valence-electron chi connectivity index (χ1n) is 6.73. The van der Waals surface area contributed by atoms with E-state index in [-0.39, 0.29) is 5.91 Å². The Kier molecular flexibility index (Phi) is 5.60. The molecule has 2 rings (SSSR count). The Hall–Kier alpha value is -0.650. The Morgan fingerprint density at radius 2 is 2.47 bits per heavy atom. The zero-order chi connectivity index (χ0) is 13.7. The van der Waals surface area contributed by atoms with Gasteiger partial charge in [0.25, 0.3) is 0 Å². The molecule has 4 nitrogen and oxygen atoms in total. The predicted octanol–water partition coefficient (Wildman–Crippen LogP) is 3.08. The van der Waals surface area contributed by atoms with Crippen molar-refractivity contribution in [1.29, 1.82) is 0 Å². The summed E-state index contributed by atoms with van der Waals surface area (Å²) < 4.78 is 0. The molecule has 1 saturated heterocycles. The van der Waals surface area contributed by atoms with Crippen LogP contribution < -0.4 is 5.32 Å². The zero-order valence-corrected chi connectivity index (χ0v) is 12.8. The van der Waals surface area contributed by atoms with Gasteiger partial charge in [-0.15, -0.1) is 22.9 Å². The average Bonchev–Trinajstić information content (AvgIpc) is 2.80. The molecule has 0 aromatic carbocycles. The van der Waals surface area contributed by atoms with Crippen LogP contribution in [0, 0.1) is 0 Å². The number of carbonyl (C=O) groups excluding carboxylic acids is 1. The van der Waals surface area contributed by atoms with Gasteiger partial charge in [-0.1, -0.05) is 6.42 Å². The van der Waals surface area contributed by atoms with E-state index >= 15 is 0 Å². The molecule has 1 aromatic heterocycles. The third-order valence-electron chi connectivity index (χ3n) is 3.42. The summed E-state index contributed by atoms with van der Waals surface area (Å²) in [7, 11) is 0. The Balaban J connectivity index is 1.88. The van der Waals surface area contributed by atoms with Gasteiger partial charge >= 0.3 is 0 Å². The molecule has 1 amide bonds. The van der Waals surface area contributed by atoms with Crippen LogP contribution in [0.25, 0.3) is 0 Å². The summed E-state index contributed by atoms with van der Waals surface area (Å²) in [6, 6.07) is 0.644. The van der Waals surface area contributed by atoms with E-state index in [2.05, 4.69) is 22.1 Å². The van der Waals surface area contributed by atoms with Gasteiger partial charge in [0.2, 0.25) is 5.91 Å². The summed E-state index contributed by atoms with van der Waals surface area (Å²) >= 11 is 7.08. The third kappa shape index (κ3) is 4.44. The summed E-state index contributed by atoms with van der Waals surface area (Å²) in [6.07, 6.45) is 6.09. The van der Waals surface area contributed by atoms with Gasteiger partial charge < -0.3 is 5.32 Å². The monoisotopic (exact) mass is 301 g/mol. The summed E-state index contributed by atoms with van der Waals surface area (Å²) in [5.74, 6) is 0.275. The fourth-order valence-electron chi connectivity index (χ4n) is 2.30. The van der Waals surface area contributed by atoms with Gasteiger partial charge in [0, 0.05) is 36.0 Å². The topological polar surface area (TPSA) is 45.2 Å². The standard InChI is InChI=1S/C13H20ClN3OS/c1-10-4-2-3-7-17(10)9-11-8-15-13(19-11)16-12(18)5-6-14/h8,10H,2-7,9H2,1H3,(H,15,16,18). The minimum absolute atomic E-state index is 0.0674. The highest BCUT2D eigenvalue weighted by Gasteiger charge is 2.19. The molecule has 1 unspecified atom stereocenters. The molecule has 0 aliphatic carbocycles. The quantitative estimate of drug-likeness (QED) is 0.850. The Morgan fingerprint density at radius 3 is 3.21 bits per heavy atom. The molecule has 0 radical (unpaired) electrons. The molecule has 1 fully saturated rings. The predicted molar refractivity (Wildman–Crippen MR) is 79.8 cm³/mol. The third-order valence-corrected chi connectivity index (χ3v) is 4.51. The molecular formula is C13H20ClN3OS. The number of likely N-dealkylation sites (tertiary alicyclic amines) is 1. The van der Waals surface area contributed by atoms with E-state index in [9.17, 15) is 4.79 Å². The van der Waals surface area contributed by atoms with E-state index < -0.39 is 0 Å². The molecule has 106 valence electrons. The molecular weight excluding hydrogens is 282 g/mol. The number of anilines is 1. The number of hydrogen-bond acceptors (Lipinski definition) is 4. The van der Waals surface area contributed by atoms with Crippen molar-refractivity contribution in [3.63, 3.8) is 0 Å². The smallest absolute Gasteiger partial charge is 0.227 e. The lowest BCUT2D eigenvalue weighted by Gasteiger charge is -2.32. The van der Waals surface area contributed by atoms with E-state index in [1.54, 1.807) is 11.3 Å². The molecule has 0 saturated carbocycles. The van der Waals surface area contributed by atoms with E-state index in [0.29, 0.717) is 23.5 Å². The number of aromatic nitrogens is 1. The van der Waals surface area contributed by atoms with Crippen molar-refractivity contribution in [3.8, 4) is 0 Å². The fraction of sp³-hybridized carbons (Fsp3) is 0.692. The van der Waals surface area contributed by atoms with Gasteiger partial charge in [-0.05, 0) is 26.3 Å². The number of thiazole rings is 1.